The lowest BCUT2D eigenvalue weighted by Gasteiger charge is -2.21. The normalized spacial score (nSPS) is 20.0. The lowest BCUT2D eigenvalue weighted by Crippen LogP contribution is -2.44. The van der Waals surface area contributed by atoms with Crippen LogP contribution in [0.3, 0.4) is 0 Å². The molecule has 5 heteroatoms. The number of nitrogens with zero attached hydrogens (tertiary/aromatic N) is 2. The number of benzene rings is 1. The van der Waals surface area contributed by atoms with Gasteiger partial charge in [-0.05, 0) is 56.5 Å². The Kier molecular flexibility index (Phi) is 7.37. The summed E-state index contributed by atoms with van der Waals surface area (Å²) < 4.78 is 5.21. The van der Waals surface area contributed by atoms with Crippen molar-refractivity contribution in [2.45, 2.75) is 38.1 Å². The molecule has 0 spiro atoms. The van der Waals surface area contributed by atoms with Gasteiger partial charge in [-0.3, -0.25) is 4.99 Å². The van der Waals surface area contributed by atoms with Gasteiger partial charge in [0, 0.05) is 26.2 Å². The van der Waals surface area contributed by atoms with E-state index in [0.29, 0.717) is 12.0 Å². The molecular formula is C19H32N4O. The predicted molar refractivity (Wildman–Crippen MR) is 101 cm³/mol. The molecule has 1 aromatic carbocycles. The van der Waals surface area contributed by atoms with Crippen LogP contribution in [0.15, 0.2) is 29.3 Å². The van der Waals surface area contributed by atoms with Gasteiger partial charge in [0.1, 0.15) is 5.75 Å². The van der Waals surface area contributed by atoms with Gasteiger partial charge in [0.05, 0.1) is 7.11 Å². The van der Waals surface area contributed by atoms with Crippen molar-refractivity contribution in [1.29, 1.82) is 0 Å². The lowest BCUT2D eigenvalue weighted by atomic mass is 9.98. The first-order valence-electron chi connectivity index (χ1n) is 8.92. The smallest absolute Gasteiger partial charge is 0.191 e. The second-order valence-corrected chi connectivity index (χ2v) is 6.62. The Bertz CT molecular complexity index is 515. The molecule has 1 aliphatic rings. The minimum Gasteiger partial charge on any atom is -0.497 e. The van der Waals surface area contributed by atoms with Crippen LogP contribution in [0.4, 0.5) is 0 Å². The highest BCUT2D eigenvalue weighted by molar-refractivity contribution is 5.79. The first-order chi connectivity index (χ1) is 11.6. The van der Waals surface area contributed by atoms with E-state index < -0.39 is 0 Å². The minimum atomic E-state index is 0.502. The van der Waals surface area contributed by atoms with Crippen LogP contribution in [0.1, 0.15) is 37.7 Å². The summed E-state index contributed by atoms with van der Waals surface area (Å²) in [5, 5.41) is 6.88. The van der Waals surface area contributed by atoms with E-state index in [1.807, 2.05) is 19.2 Å². The molecule has 2 unspecified atom stereocenters. The summed E-state index contributed by atoms with van der Waals surface area (Å²) in [5.41, 5.74) is 1.34. The van der Waals surface area contributed by atoms with Crippen molar-refractivity contribution in [1.82, 2.24) is 15.5 Å². The van der Waals surface area contributed by atoms with E-state index in [-0.39, 0.29) is 0 Å². The molecule has 1 fully saturated rings. The van der Waals surface area contributed by atoms with Gasteiger partial charge >= 0.3 is 0 Å². The molecule has 2 atom stereocenters. The Balaban J connectivity index is 1.70. The largest absolute Gasteiger partial charge is 0.497 e. The van der Waals surface area contributed by atoms with Gasteiger partial charge in [0.15, 0.2) is 5.96 Å². The highest BCUT2D eigenvalue weighted by Crippen LogP contribution is 2.21. The van der Waals surface area contributed by atoms with Crippen LogP contribution in [0, 0.1) is 0 Å². The Hall–Kier alpha value is -1.75. The summed E-state index contributed by atoms with van der Waals surface area (Å²) in [6.07, 6.45) is 3.64. The van der Waals surface area contributed by atoms with E-state index in [2.05, 4.69) is 46.6 Å². The monoisotopic (exact) mass is 332 g/mol. The molecular weight excluding hydrogens is 300 g/mol. The summed E-state index contributed by atoms with van der Waals surface area (Å²) in [5.74, 6) is 2.31. The molecule has 0 amide bonds. The van der Waals surface area contributed by atoms with Gasteiger partial charge in [-0.25, -0.2) is 0 Å². The molecule has 1 heterocycles. The summed E-state index contributed by atoms with van der Waals surface area (Å²) >= 11 is 0. The zero-order chi connectivity index (χ0) is 17.4. The Morgan fingerprint density at radius 2 is 2.08 bits per heavy atom. The number of likely N-dealkylation sites (tertiary alicyclic amines) is 1. The molecule has 1 aliphatic heterocycles. The molecule has 0 aliphatic carbocycles. The highest BCUT2D eigenvalue weighted by Gasteiger charge is 2.20. The average Bonchev–Trinajstić information content (AvgIpc) is 3.02. The molecule has 0 aromatic heterocycles. The molecule has 0 bridgehead atoms. The summed E-state index contributed by atoms with van der Waals surface area (Å²) in [6.45, 7) is 5.34. The number of methoxy groups -OCH3 is 1. The molecule has 1 aromatic rings. The summed E-state index contributed by atoms with van der Waals surface area (Å²) in [6, 6.07) is 8.97. The molecule has 2 N–H and O–H groups in total. The Labute approximate surface area is 146 Å². The SMILES string of the molecule is CN=C(NCCC(C)c1ccc(OC)cc1)NCC1CCCN1C. The van der Waals surface area contributed by atoms with Crippen LogP contribution < -0.4 is 15.4 Å². The van der Waals surface area contributed by atoms with Crippen molar-refractivity contribution in [3.05, 3.63) is 29.8 Å². The van der Waals surface area contributed by atoms with Crippen molar-refractivity contribution in [3.8, 4) is 5.75 Å². The zero-order valence-electron chi connectivity index (χ0n) is 15.5. The number of hydrogen-bond donors (Lipinski definition) is 2. The van der Waals surface area contributed by atoms with Crippen molar-refractivity contribution >= 4 is 5.96 Å². The maximum absolute atomic E-state index is 5.21. The van der Waals surface area contributed by atoms with Crippen LogP contribution in [0.5, 0.6) is 5.75 Å². The van der Waals surface area contributed by atoms with Crippen molar-refractivity contribution in [2.24, 2.45) is 4.99 Å². The fraction of sp³-hybridized carbons (Fsp3) is 0.632. The average molecular weight is 332 g/mol. The molecule has 0 radical (unpaired) electrons. The Morgan fingerprint density at radius 1 is 1.33 bits per heavy atom. The molecule has 0 saturated carbocycles. The molecule has 1 saturated heterocycles. The van der Waals surface area contributed by atoms with Crippen LogP contribution in [0.2, 0.25) is 0 Å². The molecule has 134 valence electrons. The third-order valence-electron chi connectivity index (χ3n) is 4.95. The minimum absolute atomic E-state index is 0.502. The van der Waals surface area contributed by atoms with Crippen LogP contribution in [-0.4, -0.2) is 57.7 Å². The number of likely N-dealkylation sites (N-methyl/N-ethyl adjacent to an activating group) is 1. The Morgan fingerprint density at radius 3 is 2.67 bits per heavy atom. The van der Waals surface area contributed by atoms with E-state index in [9.17, 15) is 0 Å². The van der Waals surface area contributed by atoms with E-state index in [1.165, 1.54) is 24.9 Å². The lowest BCUT2D eigenvalue weighted by molar-refractivity contribution is 0.309. The highest BCUT2D eigenvalue weighted by atomic mass is 16.5. The van der Waals surface area contributed by atoms with Gasteiger partial charge in [0.25, 0.3) is 0 Å². The van der Waals surface area contributed by atoms with Gasteiger partial charge in [-0.15, -0.1) is 0 Å². The molecule has 24 heavy (non-hydrogen) atoms. The first-order valence-corrected chi connectivity index (χ1v) is 8.92. The summed E-state index contributed by atoms with van der Waals surface area (Å²) in [7, 11) is 5.73. The number of aliphatic imine (C=N–C) groups is 1. The maximum Gasteiger partial charge on any atom is 0.191 e. The number of rotatable bonds is 7. The van der Waals surface area contributed by atoms with E-state index in [1.54, 1.807) is 7.11 Å². The van der Waals surface area contributed by atoms with Crippen LogP contribution in [0.25, 0.3) is 0 Å². The van der Waals surface area contributed by atoms with E-state index in [0.717, 1.165) is 31.2 Å². The third-order valence-corrected chi connectivity index (χ3v) is 4.95. The second kappa shape index (κ2) is 9.52. The van der Waals surface area contributed by atoms with Gasteiger partial charge < -0.3 is 20.3 Å². The number of ether oxygens (including phenoxy) is 1. The molecule has 5 nitrogen and oxygen atoms in total. The number of hydrogen-bond acceptors (Lipinski definition) is 3. The quantitative estimate of drug-likeness (QED) is 0.595. The first kappa shape index (κ1) is 18.6. The van der Waals surface area contributed by atoms with Crippen LogP contribution >= 0.6 is 0 Å². The van der Waals surface area contributed by atoms with Crippen LogP contribution in [-0.2, 0) is 0 Å². The maximum atomic E-state index is 5.21. The third kappa shape index (κ3) is 5.41. The van der Waals surface area contributed by atoms with Crippen molar-refractivity contribution in [2.75, 3.05) is 40.8 Å². The second-order valence-electron chi connectivity index (χ2n) is 6.62. The standard InChI is InChI=1S/C19H32N4O/c1-15(16-7-9-18(24-4)10-8-16)11-12-21-19(20-2)22-14-17-6-5-13-23(17)3/h7-10,15,17H,5-6,11-14H2,1-4H3,(H2,20,21,22). The zero-order valence-corrected chi connectivity index (χ0v) is 15.5. The topological polar surface area (TPSA) is 48.9 Å². The fourth-order valence-corrected chi connectivity index (χ4v) is 3.18. The van der Waals surface area contributed by atoms with Gasteiger partial charge in [0.2, 0.25) is 0 Å². The number of guanidine groups is 1. The summed E-state index contributed by atoms with van der Waals surface area (Å²) in [4.78, 5) is 6.75. The van der Waals surface area contributed by atoms with Gasteiger partial charge in [-0.2, -0.15) is 0 Å². The van der Waals surface area contributed by atoms with Gasteiger partial charge in [-0.1, -0.05) is 19.1 Å². The predicted octanol–water partition coefficient (Wildman–Crippen LogP) is 2.45. The fourth-order valence-electron chi connectivity index (χ4n) is 3.18. The number of nitrogens with one attached hydrogen (secondary N) is 2. The molecule has 2 rings (SSSR count). The van der Waals surface area contributed by atoms with E-state index >= 15 is 0 Å². The van der Waals surface area contributed by atoms with E-state index in [4.69, 9.17) is 4.74 Å². The van der Waals surface area contributed by atoms with Crippen molar-refractivity contribution < 1.29 is 4.74 Å². The van der Waals surface area contributed by atoms with Crippen molar-refractivity contribution in [3.63, 3.8) is 0 Å².